The molecule has 19 heavy (non-hydrogen) atoms. The minimum absolute atomic E-state index is 0.291. The van der Waals surface area contributed by atoms with Gasteiger partial charge in [-0.25, -0.2) is 5.84 Å². The monoisotopic (exact) mass is 329 g/mol. The number of nitrogens with one attached hydrogen (secondary N) is 1. The van der Waals surface area contributed by atoms with Crippen LogP contribution in [0.25, 0.3) is 0 Å². The number of carbonyl (C=O) groups excluding carboxylic acids is 1. The number of ether oxygens (including phenoxy) is 1. The Balaban J connectivity index is 2.61. The first-order valence-corrected chi connectivity index (χ1v) is 6.84. The van der Waals surface area contributed by atoms with E-state index in [0.29, 0.717) is 5.56 Å². The number of hydrogen-bond donors (Lipinski definition) is 2. The largest absolute Gasteiger partial charge is 0.385 e. The molecular weight excluding hydrogens is 310 g/mol. The predicted molar refractivity (Wildman–Crippen MR) is 78.6 cm³/mol. The molecule has 1 aromatic carbocycles. The van der Waals surface area contributed by atoms with Crippen LogP contribution in [0.15, 0.2) is 22.7 Å². The molecule has 0 aromatic heterocycles. The number of hydrazine groups is 1. The summed E-state index contributed by atoms with van der Waals surface area (Å²) in [5.41, 5.74) is 3.79. The lowest BCUT2D eigenvalue weighted by molar-refractivity contribution is 0.0953. The summed E-state index contributed by atoms with van der Waals surface area (Å²) < 4.78 is 5.94. The Kier molecular flexibility index (Phi) is 7.01. The average molecular weight is 330 g/mol. The van der Waals surface area contributed by atoms with Crippen LogP contribution in [-0.4, -0.2) is 38.1 Å². The van der Waals surface area contributed by atoms with Crippen LogP contribution in [0.2, 0.25) is 0 Å². The Morgan fingerprint density at radius 2 is 2.26 bits per heavy atom. The molecule has 0 unspecified atom stereocenters. The Hall–Kier alpha value is -0.950. The van der Waals surface area contributed by atoms with Crippen molar-refractivity contribution in [3.8, 4) is 0 Å². The number of hydrogen-bond acceptors (Lipinski definition) is 4. The van der Waals surface area contributed by atoms with Gasteiger partial charge in [0, 0.05) is 36.8 Å². The van der Waals surface area contributed by atoms with Crippen LogP contribution in [0.3, 0.4) is 0 Å². The number of rotatable bonds is 7. The minimum Gasteiger partial charge on any atom is -0.385 e. The lowest BCUT2D eigenvalue weighted by atomic mass is 10.1. The molecule has 0 heterocycles. The quantitative estimate of drug-likeness (QED) is 0.344. The molecule has 0 radical (unpaired) electrons. The van der Waals surface area contributed by atoms with E-state index < -0.39 is 0 Å². The van der Waals surface area contributed by atoms with E-state index in [4.69, 9.17) is 10.6 Å². The van der Waals surface area contributed by atoms with E-state index in [9.17, 15) is 4.79 Å². The van der Waals surface area contributed by atoms with Gasteiger partial charge in [-0.05, 0) is 31.2 Å². The lowest BCUT2D eigenvalue weighted by Crippen LogP contribution is -2.30. The molecule has 0 fully saturated rings. The first kappa shape index (κ1) is 16.1. The number of carbonyl (C=O) groups is 1. The number of nitrogens with two attached hydrogens (primary N) is 1. The summed E-state index contributed by atoms with van der Waals surface area (Å²) in [4.78, 5) is 13.6. The van der Waals surface area contributed by atoms with Crippen molar-refractivity contribution in [2.24, 2.45) is 5.84 Å². The van der Waals surface area contributed by atoms with Crippen LogP contribution >= 0.6 is 15.9 Å². The smallest absolute Gasteiger partial charge is 0.265 e. The standard InChI is InChI=1S/C13H20BrN3O2/c1-17(6-3-7-19-2)9-11-5-4-10(8-12(11)14)13(18)16-15/h4-5,8H,3,6-7,9,15H2,1-2H3,(H,16,18). The number of amides is 1. The van der Waals surface area contributed by atoms with Gasteiger partial charge in [-0.15, -0.1) is 0 Å². The summed E-state index contributed by atoms with van der Waals surface area (Å²) in [5, 5.41) is 0. The number of methoxy groups -OCH3 is 1. The highest BCUT2D eigenvalue weighted by Crippen LogP contribution is 2.20. The van der Waals surface area contributed by atoms with E-state index in [1.807, 2.05) is 6.07 Å². The van der Waals surface area contributed by atoms with Gasteiger partial charge in [0.2, 0.25) is 0 Å². The SMILES string of the molecule is COCCCN(C)Cc1ccc(C(=O)NN)cc1Br. The van der Waals surface area contributed by atoms with Crippen LogP contribution < -0.4 is 11.3 Å². The highest BCUT2D eigenvalue weighted by Gasteiger charge is 2.08. The first-order chi connectivity index (χ1) is 9.08. The van der Waals surface area contributed by atoms with Crippen LogP contribution in [0.5, 0.6) is 0 Å². The van der Waals surface area contributed by atoms with Gasteiger partial charge >= 0.3 is 0 Å². The molecule has 0 saturated heterocycles. The van der Waals surface area contributed by atoms with Crippen molar-refractivity contribution in [2.75, 3.05) is 27.3 Å². The fourth-order valence-corrected chi connectivity index (χ4v) is 2.25. The van der Waals surface area contributed by atoms with Crippen LogP contribution in [-0.2, 0) is 11.3 Å². The predicted octanol–water partition coefficient (Wildman–Crippen LogP) is 1.52. The highest BCUT2D eigenvalue weighted by atomic mass is 79.9. The molecule has 0 bridgehead atoms. The molecular formula is C13H20BrN3O2. The zero-order chi connectivity index (χ0) is 14.3. The molecule has 1 amide bonds. The molecule has 3 N–H and O–H groups in total. The van der Waals surface area contributed by atoms with E-state index in [2.05, 4.69) is 33.3 Å². The van der Waals surface area contributed by atoms with Crippen molar-refractivity contribution in [1.29, 1.82) is 0 Å². The Labute approximate surface area is 122 Å². The van der Waals surface area contributed by atoms with Crippen molar-refractivity contribution in [3.63, 3.8) is 0 Å². The second-order valence-corrected chi connectivity index (χ2v) is 5.22. The van der Waals surface area contributed by atoms with E-state index in [-0.39, 0.29) is 5.91 Å². The maximum atomic E-state index is 11.4. The van der Waals surface area contributed by atoms with Crippen molar-refractivity contribution < 1.29 is 9.53 Å². The fraction of sp³-hybridized carbons (Fsp3) is 0.462. The normalized spacial score (nSPS) is 10.8. The average Bonchev–Trinajstić information content (AvgIpc) is 2.40. The number of nitrogens with zero attached hydrogens (tertiary/aromatic N) is 1. The third-order valence-corrected chi connectivity index (χ3v) is 3.51. The molecule has 0 saturated carbocycles. The number of nitrogen functional groups attached to an aromatic ring is 1. The zero-order valence-corrected chi connectivity index (χ0v) is 12.9. The van der Waals surface area contributed by atoms with Crippen molar-refractivity contribution in [1.82, 2.24) is 10.3 Å². The number of benzene rings is 1. The highest BCUT2D eigenvalue weighted by molar-refractivity contribution is 9.10. The molecule has 0 atom stereocenters. The van der Waals surface area contributed by atoms with Crippen LogP contribution in [0.1, 0.15) is 22.3 Å². The van der Waals surface area contributed by atoms with Gasteiger partial charge in [-0.3, -0.25) is 10.2 Å². The number of halogens is 1. The second kappa shape index (κ2) is 8.27. The van der Waals surface area contributed by atoms with Gasteiger partial charge < -0.3 is 9.64 Å². The van der Waals surface area contributed by atoms with Gasteiger partial charge in [-0.2, -0.15) is 0 Å². The minimum atomic E-state index is -0.291. The first-order valence-electron chi connectivity index (χ1n) is 6.05. The van der Waals surface area contributed by atoms with E-state index >= 15 is 0 Å². The third-order valence-electron chi connectivity index (χ3n) is 2.77. The van der Waals surface area contributed by atoms with Gasteiger partial charge in [0.15, 0.2) is 0 Å². The summed E-state index contributed by atoms with van der Waals surface area (Å²) in [7, 11) is 3.76. The molecule has 1 aromatic rings. The summed E-state index contributed by atoms with van der Waals surface area (Å²) in [6, 6.07) is 5.48. The molecule has 0 aliphatic carbocycles. The topological polar surface area (TPSA) is 67.6 Å². The molecule has 0 spiro atoms. The van der Waals surface area contributed by atoms with Crippen molar-refractivity contribution >= 4 is 21.8 Å². The summed E-state index contributed by atoms with van der Waals surface area (Å²) in [5.74, 6) is 4.82. The van der Waals surface area contributed by atoms with Crippen LogP contribution in [0, 0.1) is 0 Å². The molecule has 106 valence electrons. The summed E-state index contributed by atoms with van der Waals surface area (Å²) in [6.07, 6.45) is 0.998. The Morgan fingerprint density at radius 3 is 2.84 bits per heavy atom. The summed E-state index contributed by atoms with van der Waals surface area (Å²) in [6.45, 7) is 2.54. The molecule has 6 heteroatoms. The molecule has 1 rings (SSSR count). The van der Waals surface area contributed by atoms with Crippen molar-refractivity contribution in [2.45, 2.75) is 13.0 Å². The Morgan fingerprint density at radius 1 is 1.53 bits per heavy atom. The maximum Gasteiger partial charge on any atom is 0.265 e. The third kappa shape index (κ3) is 5.28. The van der Waals surface area contributed by atoms with Gasteiger partial charge in [0.05, 0.1) is 0 Å². The van der Waals surface area contributed by atoms with Gasteiger partial charge in [0.1, 0.15) is 0 Å². The Bertz CT molecular complexity index is 426. The molecule has 0 aliphatic rings. The van der Waals surface area contributed by atoms with Crippen molar-refractivity contribution in [3.05, 3.63) is 33.8 Å². The van der Waals surface area contributed by atoms with Crippen LogP contribution in [0.4, 0.5) is 0 Å². The molecule has 5 nitrogen and oxygen atoms in total. The second-order valence-electron chi connectivity index (χ2n) is 4.36. The fourth-order valence-electron chi connectivity index (χ4n) is 1.75. The molecule has 0 aliphatic heterocycles. The van der Waals surface area contributed by atoms with E-state index in [1.165, 1.54) is 0 Å². The van der Waals surface area contributed by atoms with E-state index in [0.717, 1.165) is 36.2 Å². The lowest BCUT2D eigenvalue weighted by Gasteiger charge is -2.17. The zero-order valence-electron chi connectivity index (χ0n) is 11.3. The van der Waals surface area contributed by atoms with E-state index in [1.54, 1.807) is 19.2 Å². The summed E-state index contributed by atoms with van der Waals surface area (Å²) >= 11 is 3.48. The maximum absolute atomic E-state index is 11.4. The van der Waals surface area contributed by atoms with Gasteiger partial charge in [0.25, 0.3) is 5.91 Å². The van der Waals surface area contributed by atoms with Gasteiger partial charge in [-0.1, -0.05) is 22.0 Å².